The molecule has 0 N–H and O–H groups in total. The molecule has 0 atom stereocenters. The molecule has 0 saturated carbocycles. The lowest BCUT2D eigenvalue weighted by Gasteiger charge is -2.09. The summed E-state index contributed by atoms with van der Waals surface area (Å²) >= 11 is 1.50. The predicted molar refractivity (Wildman–Crippen MR) is 127 cm³/mol. The van der Waals surface area contributed by atoms with Gasteiger partial charge in [0.1, 0.15) is 6.61 Å². The van der Waals surface area contributed by atoms with E-state index in [-0.39, 0.29) is 5.97 Å². The highest BCUT2D eigenvalue weighted by Crippen LogP contribution is 2.24. The number of carbonyl (C=O) groups is 1. The molecule has 0 bridgehead atoms. The largest absolute Gasteiger partial charge is 0.461 e. The van der Waals surface area contributed by atoms with Crippen LogP contribution >= 0.6 is 11.8 Å². The Kier molecular flexibility index (Phi) is 6.33. The molecular weight excluding hydrogens is 404 g/mol. The zero-order valence-electron chi connectivity index (χ0n) is 17.9. The van der Waals surface area contributed by atoms with E-state index in [2.05, 4.69) is 35.9 Å². The Balaban J connectivity index is 1.33. The molecule has 0 spiro atoms. The molecule has 31 heavy (non-hydrogen) atoms. The van der Waals surface area contributed by atoms with Gasteiger partial charge in [-0.3, -0.25) is 0 Å². The van der Waals surface area contributed by atoms with E-state index in [0.717, 1.165) is 27.7 Å². The fraction of sp³-hybridized carbons (Fsp3) is 0.192. The molecule has 0 aliphatic rings. The van der Waals surface area contributed by atoms with Crippen molar-refractivity contribution in [2.75, 3.05) is 12.4 Å². The van der Waals surface area contributed by atoms with Crippen LogP contribution < -0.4 is 0 Å². The van der Waals surface area contributed by atoms with E-state index in [4.69, 9.17) is 4.74 Å². The van der Waals surface area contributed by atoms with Crippen molar-refractivity contribution in [1.29, 1.82) is 0 Å². The molecule has 1 aromatic heterocycles. The predicted octanol–water partition coefficient (Wildman–Crippen LogP) is 6.17. The summed E-state index contributed by atoms with van der Waals surface area (Å²) in [5.74, 6) is 0.283. The van der Waals surface area contributed by atoms with Crippen LogP contribution in [-0.4, -0.2) is 28.3 Å². The number of hydrogen-bond acceptors (Lipinski definition) is 5. The van der Waals surface area contributed by atoms with E-state index in [0.29, 0.717) is 23.1 Å². The fourth-order valence-corrected chi connectivity index (χ4v) is 4.07. The van der Waals surface area contributed by atoms with E-state index in [1.807, 2.05) is 49.4 Å². The first-order valence-electron chi connectivity index (χ1n) is 10.2. The number of fused-ring (bicyclic) bond motifs is 1. The number of rotatable bonds is 6. The third-order valence-corrected chi connectivity index (χ3v) is 6.07. The van der Waals surface area contributed by atoms with Crippen LogP contribution in [0.5, 0.6) is 0 Å². The Morgan fingerprint density at radius 3 is 2.29 bits per heavy atom. The number of thioether (sulfide) groups is 1. The maximum absolute atomic E-state index is 12.3. The van der Waals surface area contributed by atoms with Crippen LogP contribution in [0.2, 0.25) is 0 Å². The van der Waals surface area contributed by atoms with Gasteiger partial charge in [-0.05, 0) is 67.3 Å². The second kappa shape index (κ2) is 9.31. The lowest BCUT2D eigenvalue weighted by atomic mass is 10.0. The fourth-order valence-electron chi connectivity index (χ4n) is 3.36. The van der Waals surface area contributed by atoms with Gasteiger partial charge in [-0.15, -0.1) is 0 Å². The highest BCUT2D eigenvalue weighted by atomic mass is 32.2. The van der Waals surface area contributed by atoms with Crippen molar-refractivity contribution in [3.63, 3.8) is 0 Å². The van der Waals surface area contributed by atoms with Gasteiger partial charge in [0, 0.05) is 16.8 Å². The topological polar surface area (TPSA) is 52.1 Å². The lowest BCUT2D eigenvalue weighted by molar-refractivity contribution is 0.0530. The van der Waals surface area contributed by atoms with Crippen LogP contribution in [0.4, 0.5) is 0 Å². The third kappa shape index (κ3) is 4.94. The number of carbonyl (C=O) groups excluding carboxylic acids is 1. The van der Waals surface area contributed by atoms with Crippen molar-refractivity contribution in [1.82, 2.24) is 9.97 Å². The van der Waals surface area contributed by atoms with Crippen LogP contribution in [-0.2, 0) is 4.74 Å². The summed E-state index contributed by atoms with van der Waals surface area (Å²) in [6.45, 7) is 6.49. The quantitative estimate of drug-likeness (QED) is 0.159. The van der Waals surface area contributed by atoms with Crippen LogP contribution in [0, 0.1) is 20.8 Å². The maximum Gasteiger partial charge on any atom is 0.338 e. The monoisotopic (exact) mass is 428 g/mol. The van der Waals surface area contributed by atoms with E-state index in [9.17, 15) is 4.79 Å². The highest BCUT2D eigenvalue weighted by Gasteiger charge is 2.10. The van der Waals surface area contributed by atoms with E-state index in [1.165, 1.54) is 22.9 Å². The average Bonchev–Trinajstić information content (AvgIpc) is 2.79. The van der Waals surface area contributed by atoms with Crippen molar-refractivity contribution < 1.29 is 9.53 Å². The number of aromatic nitrogens is 2. The molecule has 0 unspecified atom stereocenters. The lowest BCUT2D eigenvalue weighted by Crippen LogP contribution is -2.08. The first-order valence-corrected chi connectivity index (χ1v) is 11.2. The number of esters is 1. The van der Waals surface area contributed by atoms with Crippen LogP contribution in [0.3, 0.4) is 0 Å². The number of aryl methyl sites for hydroxylation is 3. The molecule has 3 aromatic carbocycles. The van der Waals surface area contributed by atoms with Gasteiger partial charge < -0.3 is 4.74 Å². The summed E-state index contributed by atoms with van der Waals surface area (Å²) in [5.41, 5.74) is 7.11. The summed E-state index contributed by atoms with van der Waals surface area (Å²) in [6, 6.07) is 21.8. The second-order valence-corrected chi connectivity index (χ2v) is 8.54. The molecule has 0 aliphatic heterocycles. The van der Waals surface area contributed by atoms with Crippen molar-refractivity contribution >= 4 is 28.6 Å². The zero-order chi connectivity index (χ0) is 21.8. The van der Waals surface area contributed by atoms with Gasteiger partial charge >= 0.3 is 5.97 Å². The molecule has 156 valence electrons. The normalized spacial score (nSPS) is 10.9. The van der Waals surface area contributed by atoms with Gasteiger partial charge in [0.25, 0.3) is 0 Å². The minimum Gasteiger partial charge on any atom is -0.461 e. The number of hydrogen-bond donors (Lipinski definition) is 0. The van der Waals surface area contributed by atoms with Crippen molar-refractivity contribution in [3.05, 3.63) is 89.1 Å². The highest BCUT2D eigenvalue weighted by molar-refractivity contribution is 7.99. The summed E-state index contributed by atoms with van der Waals surface area (Å²) < 4.78 is 5.43. The molecular formula is C26H24N2O2S. The molecule has 0 amide bonds. The molecule has 1 heterocycles. The molecule has 0 saturated heterocycles. The Morgan fingerprint density at radius 2 is 1.55 bits per heavy atom. The third-order valence-electron chi connectivity index (χ3n) is 5.26. The maximum atomic E-state index is 12.3. The van der Waals surface area contributed by atoms with Gasteiger partial charge in [0.2, 0.25) is 0 Å². The van der Waals surface area contributed by atoms with Gasteiger partial charge in [-0.25, -0.2) is 14.8 Å². The summed E-state index contributed by atoms with van der Waals surface area (Å²) in [7, 11) is 0. The Morgan fingerprint density at radius 1 is 0.871 bits per heavy atom. The summed E-state index contributed by atoms with van der Waals surface area (Å²) in [5, 5.41) is 1.79. The number of nitrogens with zero attached hydrogens (tertiary/aromatic N) is 2. The Bertz CT molecular complexity index is 1220. The SMILES string of the molecule is Cc1cc2nc(SCCOC(=O)c3ccc(-c4ccccc4)cc3)nc(C)c2cc1C. The molecule has 5 heteroatoms. The molecule has 4 nitrogen and oxygen atoms in total. The van der Waals surface area contributed by atoms with E-state index in [1.54, 1.807) is 12.1 Å². The van der Waals surface area contributed by atoms with Gasteiger partial charge in [-0.1, -0.05) is 54.2 Å². The molecule has 0 fully saturated rings. The van der Waals surface area contributed by atoms with Crippen LogP contribution in [0.15, 0.2) is 71.9 Å². The van der Waals surface area contributed by atoms with E-state index < -0.39 is 0 Å². The average molecular weight is 429 g/mol. The summed E-state index contributed by atoms with van der Waals surface area (Å²) in [4.78, 5) is 21.6. The Hall–Kier alpha value is -3.18. The van der Waals surface area contributed by atoms with Crippen molar-refractivity contribution in [2.45, 2.75) is 25.9 Å². The minimum atomic E-state index is -0.318. The smallest absolute Gasteiger partial charge is 0.338 e. The number of benzene rings is 3. The van der Waals surface area contributed by atoms with E-state index >= 15 is 0 Å². The summed E-state index contributed by atoms with van der Waals surface area (Å²) in [6.07, 6.45) is 0. The standard InChI is InChI=1S/C26H24N2O2S/c1-17-15-23-19(3)27-26(28-24(23)16-18(17)2)31-14-13-30-25(29)22-11-9-21(10-12-22)20-7-5-4-6-8-20/h4-12,15-16H,13-14H2,1-3H3. The second-order valence-electron chi connectivity index (χ2n) is 7.47. The van der Waals surface area contributed by atoms with Crippen LogP contribution in [0.1, 0.15) is 27.2 Å². The first kappa shape index (κ1) is 21.1. The molecule has 4 rings (SSSR count). The first-order chi connectivity index (χ1) is 15.0. The van der Waals surface area contributed by atoms with Crippen LogP contribution in [0.25, 0.3) is 22.0 Å². The van der Waals surface area contributed by atoms with Crippen molar-refractivity contribution in [3.8, 4) is 11.1 Å². The Labute approximate surface area is 186 Å². The van der Waals surface area contributed by atoms with Crippen molar-refractivity contribution in [2.24, 2.45) is 0 Å². The molecule has 4 aromatic rings. The minimum absolute atomic E-state index is 0.303. The van der Waals surface area contributed by atoms with Gasteiger partial charge in [0.15, 0.2) is 5.16 Å². The molecule has 0 radical (unpaired) electrons. The van der Waals surface area contributed by atoms with Gasteiger partial charge in [0.05, 0.1) is 11.1 Å². The number of ether oxygens (including phenoxy) is 1. The van der Waals surface area contributed by atoms with Gasteiger partial charge in [-0.2, -0.15) is 0 Å². The zero-order valence-corrected chi connectivity index (χ0v) is 18.7. The molecule has 0 aliphatic carbocycles.